The fourth-order valence-electron chi connectivity index (χ4n) is 4.06. The summed E-state index contributed by atoms with van der Waals surface area (Å²) in [7, 11) is 0. The van der Waals surface area contributed by atoms with Crippen LogP contribution >= 0.6 is 11.8 Å². The van der Waals surface area contributed by atoms with Crippen molar-refractivity contribution in [1.82, 2.24) is 9.88 Å². The van der Waals surface area contributed by atoms with Crippen molar-refractivity contribution >= 4 is 45.5 Å². The monoisotopic (exact) mass is 437 g/mol. The van der Waals surface area contributed by atoms with Crippen molar-refractivity contribution in [1.29, 1.82) is 0 Å². The Hall–Kier alpha value is -3.57. The molecule has 0 bridgehead atoms. The number of aliphatic imine (C=N–C) groups is 1. The van der Waals surface area contributed by atoms with Gasteiger partial charge in [-0.3, -0.25) is 4.79 Å². The van der Waals surface area contributed by atoms with Crippen LogP contribution in [0.15, 0.2) is 88.9 Å². The minimum Gasteiger partial charge on any atom is -0.342 e. The van der Waals surface area contributed by atoms with Crippen molar-refractivity contribution < 1.29 is 4.79 Å². The van der Waals surface area contributed by atoms with E-state index < -0.39 is 0 Å². The van der Waals surface area contributed by atoms with Gasteiger partial charge < -0.3 is 9.88 Å². The summed E-state index contributed by atoms with van der Waals surface area (Å²) >= 11 is 1.38. The highest BCUT2D eigenvalue weighted by atomic mass is 32.2. The number of carbonyl (C=O) groups excluding carboxylic acids is 1. The fourth-order valence-corrected chi connectivity index (χ4v) is 4.89. The molecule has 0 radical (unpaired) electrons. The fraction of sp³-hybridized carbons (Fsp3) is 0.111. The van der Waals surface area contributed by atoms with Gasteiger partial charge in [0.2, 0.25) is 0 Å². The van der Waals surface area contributed by atoms with E-state index in [1.54, 1.807) is 0 Å². The third kappa shape index (κ3) is 4.25. The van der Waals surface area contributed by atoms with Gasteiger partial charge in [0.05, 0.1) is 10.6 Å². The first kappa shape index (κ1) is 20.3. The first-order valence-electron chi connectivity index (χ1n) is 10.5. The summed E-state index contributed by atoms with van der Waals surface area (Å²) in [5.41, 5.74) is 6.58. The average Bonchev–Trinajstić information content (AvgIpc) is 3.28. The molecule has 0 atom stereocenters. The van der Waals surface area contributed by atoms with Crippen LogP contribution in [0.3, 0.4) is 0 Å². The van der Waals surface area contributed by atoms with Crippen LogP contribution < -0.4 is 5.32 Å². The molecule has 1 N–H and O–H groups in total. The van der Waals surface area contributed by atoms with E-state index in [9.17, 15) is 4.79 Å². The molecular formula is C27H23N3OS. The molecule has 0 saturated carbocycles. The van der Waals surface area contributed by atoms with Crippen LogP contribution in [0, 0.1) is 13.8 Å². The number of aromatic nitrogens is 1. The van der Waals surface area contributed by atoms with Crippen LogP contribution in [0.4, 0.5) is 5.69 Å². The molecule has 1 aliphatic heterocycles. The van der Waals surface area contributed by atoms with Crippen LogP contribution in [0.25, 0.3) is 17.0 Å². The molecule has 0 unspecified atom stereocenters. The molecule has 1 amide bonds. The average molecular weight is 438 g/mol. The van der Waals surface area contributed by atoms with Crippen molar-refractivity contribution in [3.8, 4) is 0 Å². The van der Waals surface area contributed by atoms with Gasteiger partial charge in [-0.2, -0.15) is 0 Å². The number of rotatable bonds is 4. The van der Waals surface area contributed by atoms with Gasteiger partial charge in [0.15, 0.2) is 5.17 Å². The van der Waals surface area contributed by atoms with Gasteiger partial charge in [0, 0.05) is 29.2 Å². The Morgan fingerprint density at radius 1 is 0.969 bits per heavy atom. The lowest BCUT2D eigenvalue weighted by atomic mass is 10.1. The highest BCUT2D eigenvalue weighted by molar-refractivity contribution is 8.18. The molecule has 2 heterocycles. The number of aryl methyl sites for hydroxylation is 2. The van der Waals surface area contributed by atoms with Crippen LogP contribution in [0.5, 0.6) is 0 Å². The Bertz CT molecular complexity index is 1360. The molecule has 4 nitrogen and oxygen atoms in total. The molecule has 32 heavy (non-hydrogen) atoms. The maximum Gasteiger partial charge on any atom is 0.264 e. The summed E-state index contributed by atoms with van der Waals surface area (Å²) in [6.45, 7) is 4.88. The SMILES string of the molecule is Cc1cc(C)cc(N=C2NC(=O)/C(=C/c3cn(Cc4ccccc4)c4ccccc34)S2)c1. The maximum absolute atomic E-state index is 12.7. The number of thioether (sulfide) groups is 1. The lowest BCUT2D eigenvalue weighted by Crippen LogP contribution is -2.19. The Morgan fingerprint density at radius 3 is 2.47 bits per heavy atom. The molecule has 4 aromatic rings. The van der Waals surface area contributed by atoms with E-state index in [1.807, 2.05) is 50.3 Å². The standard InChI is InChI=1S/C27H23N3OS/c1-18-12-19(2)14-22(13-18)28-27-29-26(31)25(32-27)15-21-17-30(16-20-8-4-3-5-9-20)24-11-7-6-10-23(21)24/h3-15,17H,16H2,1-2H3,(H,28,29,31)/b25-15-. The van der Waals surface area contributed by atoms with E-state index in [2.05, 4.69) is 63.5 Å². The smallest absolute Gasteiger partial charge is 0.264 e. The number of fused-ring (bicyclic) bond motifs is 1. The highest BCUT2D eigenvalue weighted by Crippen LogP contribution is 2.31. The van der Waals surface area contributed by atoms with Crippen molar-refractivity contribution in [3.05, 3.63) is 106 Å². The molecule has 1 aliphatic rings. The number of para-hydroxylation sites is 1. The molecule has 1 fully saturated rings. The van der Waals surface area contributed by atoms with Crippen LogP contribution in [0.2, 0.25) is 0 Å². The number of amides is 1. The summed E-state index contributed by atoms with van der Waals surface area (Å²) < 4.78 is 2.24. The van der Waals surface area contributed by atoms with Crippen molar-refractivity contribution in [2.24, 2.45) is 4.99 Å². The van der Waals surface area contributed by atoms with E-state index in [-0.39, 0.29) is 5.91 Å². The molecule has 1 saturated heterocycles. The zero-order valence-electron chi connectivity index (χ0n) is 18.0. The predicted molar refractivity (Wildman–Crippen MR) is 134 cm³/mol. The van der Waals surface area contributed by atoms with Gasteiger partial charge in [-0.15, -0.1) is 0 Å². The maximum atomic E-state index is 12.7. The van der Waals surface area contributed by atoms with Gasteiger partial charge in [-0.05, 0) is 66.6 Å². The van der Waals surface area contributed by atoms with E-state index in [0.29, 0.717) is 10.1 Å². The molecule has 158 valence electrons. The van der Waals surface area contributed by atoms with E-state index in [1.165, 1.54) is 17.3 Å². The van der Waals surface area contributed by atoms with E-state index >= 15 is 0 Å². The summed E-state index contributed by atoms with van der Waals surface area (Å²) in [6, 6.07) is 24.8. The normalized spacial score (nSPS) is 16.2. The van der Waals surface area contributed by atoms with Gasteiger partial charge in [-0.25, -0.2) is 4.99 Å². The Kier molecular flexibility index (Phi) is 5.41. The molecule has 1 aromatic heterocycles. The number of carbonyl (C=O) groups is 1. The first-order valence-corrected chi connectivity index (χ1v) is 11.4. The van der Waals surface area contributed by atoms with Crippen LogP contribution in [-0.2, 0) is 11.3 Å². The summed E-state index contributed by atoms with van der Waals surface area (Å²) in [4.78, 5) is 18.0. The van der Waals surface area contributed by atoms with Gasteiger partial charge >= 0.3 is 0 Å². The molecular weight excluding hydrogens is 414 g/mol. The zero-order valence-corrected chi connectivity index (χ0v) is 18.8. The molecule has 5 heteroatoms. The summed E-state index contributed by atoms with van der Waals surface area (Å²) in [6.07, 6.45) is 4.09. The number of amidine groups is 1. The van der Waals surface area contributed by atoms with Crippen LogP contribution in [-0.4, -0.2) is 15.6 Å². The molecule has 0 aliphatic carbocycles. The Balaban J connectivity index is 1.47. The van der Waals surface area contributed by atoms with E-state index in [4.69, 9.17) is 0 Å². The minimum absolute atomic E-state index is 0.113. The van der Waals surface area contributed by atoms with E-state index in [0.717, 1.165) is 39.8 Å². The van der Waals surface area contributed by atoms with Gasteiger partial charge in [0.1, 0.15) is 0 Å². The number of nitrogens with one attached hydrogen (secondary N) is 1. The second-order valence-corrected chi connectivity index (χ2v) is 9.07. The van der Waals surface area contributed by atoms with Crippen molar-refractivity contribution in [2.45, 2.75) is 20.4 Å². The second kappa shape index (κ2) is 8.52. The molecule has 5 rings (SSSR count). The quantitative estimate of drug-likeness (QED) is 0.387. The third-order valence-electron chi connectivity index (χ3n) is 5.39. The Morgan fingerprint density at radius 2 is 1.69 bits per heavy atom. The highest BCUT2D eigenvalue weighted by Gasteiger charge is 2.24. The zero-order chi connectivity index (χ0) is 22.1. The van der Waals surface area contributed by atoms with Gasteiger partial charge in [0.25, 0.3) is 5.91 Å². The Labute approximate surface area is 191 Å². The third-order valence-corrected chi connectivity index (χ3v) is 6.30. The predicted octanol–water partition coefficient (Wildman–Crippen LogP) is 6.20. The minimum atomic E-state index is -0.113. The molecule has 0 spiro atoms. The molecule has 3 aromatic carbocycles. The summed E-state index contributed by atoms with van der Waals surface area (Å²) in [5, 5.41) is 4.64. The van der Waals surface area contributed by atoms with Gasteiger partial charge in [-0.1, -0.05) is 54.6 Å². The van der Waals surface area contributed by atoms with Crippen LogP contribution in [0.1, 0.15) is 22.3 Å². The van der Waals surface area contributed by atoms with Crippen molar-refractivity contribution in [2.75, 3.05) is 0 Å². The number of nitrogens with zero attached hydrogens (tertiary/aromatic N) is 2. The lowest BCUT2D eigenvalue weighted by Gasteiger charge is -2.05. The number of hydrogen-bond acceptors (Lipinski definition) is 3. The van der Waals surface area contributed by atoms with Crippen molar-refractivity contribution in [3.63, 3.8) is 0 Å². The second-order valence-electron chi connectivity index (χ2n) is 8.04. The largest absolute Gasteiger partial charge is 0.342 e. The number of benzene rings is 3. The first-order chi connectivity index (χ1) is 15.5. The summed E-state index contributed by atoms with van der Waals surface area (Å²) in [5.74, 6) is -0.113. The number of hydrogen-bond donors (Lipinski definition) is 1. The topological polar surface area (TPSA) is 46.4 Å². The lowest BCUT2D eigenvalue weighted by molar-refractivity contribution is -0.115.